The van der Waals surface area contributed by atoms with Crippen molar-refractivity contribution < 1.29 is 4.79 Å². The fourth-order valence-electron chi connectivity index (χ4n) is 2.75. The van der Waals surface area contributed by atoms with Gasteiger partial charge < -0.3 is 10.2 Å². The van der Waals surface area contributed by atoms with Crippen molar-refractivity contribution in [1.82, 2.24) is 4.90 Å². The van der Waals surface area contributed by atoms with Crippen molar-refractivity contribution >= 4 is 11.6 Å². The maximum Gasteiger partial charge on any atom is 0.255 e. The highest BCUT2D eigenvalue weighted by Gasteiger charge is 2.25. The summed E-state index contributed by atoms with van der Waals surface area (Å²) in [5.41, 5.74) is 1.72. The number of para-hydroxylation sites is 1. The second-order valence-electron chi connectivity index (χ2n) is 5.70. The molecule has 0 spiro atoms. The van der Waals surface area contributed by atoms with Gasteiger partial charge in [-0.15, -0.1) is 0 Å². The molecule has 0 aliphatic heterocycles. The van der Waals surface area contributed by atoms with E-state index in [-0.39, 0.29) is 5.91 Å². The summed E-state index contributed by atoms with van der Waals surface area (Å²) in [6, 6.07) is 8.54. The van der Waals surface area contributed by atoms with E-state index in [4.69, 9.17) is 0 Å². The minimum atomic E-state index is 0.135. The molecule has 1 aliphatic rings. The van der Waals surface area contributed by atoms with E-state index in [0.717, 1.165) is 24.1 Å². The van der Waals surface area contributed by atoms with Gasteiger partial charge in [0.1, 0.15) is 0 Å². The molecular formula is C16H24N2O. The van der Waals surface area contributed by atoms with E-state index in [1.165, 1.54) is 12.8 Å². The fourth-order valence-corrected chi connectivity index (χ4v) is 2.75. The topological polar surface area (TPSA) is 32.3 Å². The second kappa shape index (κ2) is 6.09. The molecule has 0 radical (unpaired) electrons. The van der Waals surface area contributed by atoms with E-state index >= 15 is 0 Å². The molecule has 0 heterocycles. The molecule has 19 heavy (non-hydrogen) atoms. The Kier molecular flexibility index (Phi) is 4.46. The summed E-state index contributed by atoms with van der Waals surface area (Å²) in [6.45, 7) is 4.17. The van der Waals surface area contributed by atoms with Crippen LogP contribution in [0.5, 0.6) is 0 Å². The van der Waals surface area contributed by atoms with E-state index in [1.54, 1.807) is 0 Å². The Morgan fingerprint density at radius 1 is 1.26 bits per heavy atom. The van der Waals surface area contributed by atoms with Gasteiger partial charge in [-0.25, -0.2) is 0 Å². The van der Waals surface area contributed by atoms with Crippen LogP contribution in [0.2, 0.25) is 0 Å². The van der Waals surface area contributed by atoms with Crippen molar-refractivity contribution in [3.8, 4) is 0 Å². The summed E-state index contributed by atoms with van der Waals surface area (Å²) in [5, 5.41) is 3.35. The monoisotopic (exact) mass is 260 g/mol. The molecule has 1 aromatic carbocycles. The molecule has 0 unspecified atom stereocenters. The molecule has 3 heteroatoms. The summed E-state index contributed by atoms with van der Waals surface area (Å²) in [4.78, 5) is 14.5. The largest absolute Gasteiger partial charge is 0.382 e. The Morgan fingerprint density at radius 2 is 1.89 bits per heavy atom. The predicted molar refractivity (Wildman–Crippen MR) is 79.6 cm³/mol. The number of amides is 1. The third kappa shape index (κ3) is 3.28. The van der Waals surface area contributed by atoms with Crippen LogP contribution in [0, 0.1) is 0 Å². The smallest absolute Gasteiger partial charge is 0.255 e. The molecule has 0 saturated heterocycles. The van der Waals surface area contributed by atoms with E-state index in [9.17, 15) is 4.79 Å². The Balaban J connectivity index is 2.17. The molecule has 1 aromatic rings. The van der Waals surface area contributed by atoms with Gasteiger partial charge >= 0.3 is 0 Å². The quantitative estimate of drug-likeness (QED) is 0.898. The highest BCUT2D eigenvalue weighted by Crippen LogP contribution is 2.25. The summed E-state index contributed by atoms with van der Waals surface area (Å²) < 4.78 is 0. The number of anilines is 1. The molecule has 3 nitrogen and oxygen atoms in total. The Labute approximate surface area is 116 Å². The van der Waals surface area contributed by atoms with Crippen LogP contribution in [0.3, 0.4) is 0 Å². The minimum absolute atomic E-state index is 0.135. The van der Waals surface area contributed by atoms with Gasteiger partial charge in [0.25, 0.3) is 5.91 Å². The van der Waals surface area contributed by atoms with Crippen molar-refractivity contribution in [2.24, 2.45) is 0 Å². The zero-order valence-electron chi connectivity index (χ0n) is 12.1. The summed E-state index contributed by atoms with van der Waals surface area (Å²) >= 11 is 0. The van der Waals surface area contributed by atoms with E-state index in [1.807, 2.05) is 36.2 Å². The van der Waals surface area contributed by atoms with E-state index < -0.39 is 0 Å². The summed E-state index contributed by atoms with van der Waals surface area (Å²) in [6.07, 6.45) is 4.77. The molecule has 0 atom stereocenters. The third-order valence-electron chi connectivity index (χ3n) is 3.79. The molecule has 0 aromatic heterocycles. The maximum absolute atomic E-state index is 12.6. The first-order valence-electron chi connectivity index (χ1n) is 7.22. The van der Waals surface area contributed by atoms with Crippen LogP contribution in [0.1, 0.15) is 49.9 Å². The minimum Gasteiger partial charge on any atom is -0.382 e. The van der Waals surface area contributed by atoms with Crippen LogP contribution in [0.25, 0.3) is 0 Å². The molecule has 1 saturated carbocycles. The zero-order valence-corrected chi connectivity index (χ0v) is 12.1. The van der Waals surface area contributed by atoms with Gasteiger partial charge in [-0.2, -0.15) is 0 Å². The molecule has 1 N–H and O–H groups in total. The average Bonchev–Trinajstić information content (AvgIpc) is 2.91. The number of carbonyl (C=O) groups excluding carboxylic acids is 1. The third-order valence-corrected chi connectivity index (χ3v) is 3.79. The zero-order chi connectivity index (χ0) is 13.8. The van der Waals surface area contributed by atoms with Crippen LogP contribution in [-0.2, 0) is 0 Å². The number of hydrogen-bond donors (Lipinski definition) is 1. The van der Waals surface area contributed by atoms with Crippen molar-refractivity contribution in [2.45, 2.75) is 51.6 Å². The lowest BCUT2D eigenvalue weighted by Gasteiger charge is -2.26. The van der Waals surface area contributed by atoms with Gasteiger partial charge in [0.15, 0.2) is 0 Å². The van der Waals surface area contributed by atoms with Gasteiger partial charge in [0.2, 0.25) is 0 Å². The van der Waals surface area contributed by atoms with Crippen molar-refractivity contribution in [3.63, 3.8) is 0 Å². The first-order chi connectivity index (χ1) is 9.09. The summed E-state index contributed by atoms with van der Waals surface area (Å²) in [7, 11) is 1.93. The SMILES string of the molecule is CC(C)Nc1ccccc1C(=O)N(C)C1CCCC1. The highest BCUT2D eigenvalue weighted by molar-refractivity contribution is 5.99. The van der Waals surface area contributed by atoms with Crippen molar-refractivity contribution in [3.05, 3.63) is 29.8 Å². The van der Waals surface area contributed by atoms with Crippen molar-refractivity contribution in [2.75, 3.05) is 12.4 Å². The van der Waals surface area contributed by atoms with Crippen LogP contribution in [0.15, 0.2) is 24.3 Å². The normalized spacial score (nSPS) is 15.8. The van der Waals surface area contributed by atoms with E-state index in [2.05, 4.69) is 19.2 Å². The molecule has 2 rings (SSSR count). The fraction of sp³-hybridized carbons (Fsp3) is 0.562. The van der Waals surface area contributed by atoms with Crippen molar-refractivity contribution in [1.29, 1.82) is 0 Å². The van der Waals surface area contributed by atoms with Gasteiger partial charge in [-0.1, -0.05) is 25.0 Å². The average molecular weight is 260 g/mol. The van der Waals surface area contributed by atoms with Gasteiger partial charge in [0, 0.05) is 24.8 Å². The molecule has 0 bridgehead atoms. The lowest BCUT2D eigenvalue weighted by molar-refractivity contribution is 0.0736. The molecule has 1 fully saturated rings. The summed E-state index contributed by atoms with van der Waals surface area (Å²) in [5.74, 6) is 0.135. The molecule has 1 amide bonds. The second-order valence-corrected chi connectivity index (χ2v) is 5.70. The predicted octanol–water partition coefficient (Wildman–Crippen LogP) is 3.52. The van der Waals surface area contributed by atoms with Crippen LogP contribution >= 0.6 is 0 Å². The van der Waals surface area contributed by atoms with Crippen LogP contribution in [-0.4, -0.2) is 29.9 Å². The first kappa shape index (κ1) is 13.9. The van der Waals surface area contributed by atoms with Crippen LogP contribution in [0.4, 0.5) is 5.69 Å². The van der Waals surface area contributed by atoms with Gasteiger partial charge in [-0.3, -0.25) is 4.79 Å². The number of nitrogens with zero attached hydrogens (tertiary/aromatic N) is 1. The Bertz CT molecular complexity index is 436. The maximum atomic E-state index is 12.6. The Hall–Kier alpha value is -1.51. The number of nitrogens with one attached hydrogen (secondary N) is 1. The van der Waals surface area contributed by atoms with Crippen LogP contribution < -0.4 is 5.32 Å². The molecule has 104 valence electrons. The molecule has 1 aliphatic carbocycles. The Morgan fingerprint density at radius 3 is 2.53 bits per heavy atom. The van der Waals surface area contributed by atoms with Gasteiger partial charge in [-0.05, 0) is 38.8 Å². The lowest BCUT2D eigenvalue weighted by Crippen LogP contribution is -2.35. The lowest BCUT2D eigenvalue weighted by atomic mass is 10.1. The number of benzene rings is 1. The number of carbonyl (C=O) groups is 1. The highest BCUT2D eigenvalue weighted by atomic mass is 16.2. The molecular weight excluding hydrogens is 236 g/mol. The number of hydrogen-bond acceptors (Lipinski definition) is 2. The first-order valence-corrected chi connectivity index (χ1v) is 7.22. The standard InChI is InChI=1S/C16H24N2O/c1-12(2)17-15-11-7-6-10-14(15)16(19)18(3)13-8-4-5-9-13/h6-7,10-13,17H,4-5,8-9H2,1-3H3. The number of rotatable bonds is 4. The van der Waals surface area contributed by atoms with E-state index in [0.29, 0.717) is 12.1 Å². The van der Waals surface area contributed by atoms with Gasteiger partial charge in [0.05, 0.1) is 5.56 Å².